The van der Waals surface area contributed by atoms with Crippen molar-refractivity contribution < 1.29 is 25.8 Å². The van der Waals surface area contributed by atoms with E-state index in [9.17, 15) is 0 Å². The van der Waals surface area contributed by atoms with Crippen LogP contribution < -0.4 is 5.30 Å². The quantitative estimate of drug-likeness (QED) is 0.274. The summed E-state index contributed by atoms with van der Waals surface area (Å²) in [6.07, 6.45) is 10.5. The Morgan fingerprint density at radius 3 is 2.52 bits per heavy atom. The van der Waals surface area contributed by atoms with Crippen LogP contribution in [0.4, 0.5) is 0 Å². The maximum Gasteiger partial charge on any atom is 4.00 e. The summed E-state index contributed by atoms with van der Waals surface area (Å²) >= 11 is 0. The first kappa shape index (κ1) is 20.7. The van der Waals surface area contributed by atoms with Crippen molar-refractivity contribution in [2.24, 2.45) is 0 Å². The van der Waals surface area contributed by atoms with E-state index in [1.807, 2.05) is 0 Å². The molecule has 0 nitrogen and oxygen atoms in total. The Kier molecular flexibility index (Phi) is 9.40. The maximum atomic E-state index is 3.30. The zero-order valence-corrected chi connectivity index (χ0v) is 19.3. The Balaban J connectivity index is 0.000000224. The van der Waals surface area contributed by atoms with Crippen LogP contribution in [-0.4, -0.2) is 13.3 Å². The molecule has 0 heterocycles. The van der Waals surface area contributed by atoms with E-state index in [1.165, 1.54) is 46.5 Å². The zero-order valence-electron chi connectivity index (χ0n) is 14.8. The minimum atomic E-state index is 0. The normalized spacial score (nSPS) is 13.3. The monoisotopic (exact) mass is 490 g/mol. The van der Waals surface area contributed by atoms with Gasteiger partial charge in [0.15, 0.2) is 0 Å². The van der Waals surface area contributed by atoms with Crippen LogP contribution in [0, 0.1) is 6.08 Å². The molecule has 0 bridgehead atoms. The Hall–Kier alpha value is -0.390. The van der Waals surface area contributed by atoms with E-state index in [1.54, 1.807) is 0 Å². The third-order valence-corrected chi connectivity index (χ3v) is 5.41. The summed E-state index contributed by atoms with van der Waals surface area (Å²) in [4.78, 5) is 0. The summed E-state index contributed by atoms with van der Waals surface area (Å²) in [6, 6.07) is 13.2. The van der Waals surface area contributed by atoms with E-state index < -0.39 is 0 Å². The van der Waals surface area contributed by atoms with Crippen molar-refractivity contribution in [1.29, 1.82) is 0 Å². The van der Waals surface area contributed by atoms with E-state index in [0.717, 1.165) is 6.42 Å². The number of fused-ring (bicyclic) bond motifs is 1. The van der Waals surface area contributed by atoms with Gasteiger partial charge in [-0.2, -0.15) is 17.7 Å². The van der Waals surface area contributed by atoms with E-state index in [2.05, 4.69) is 75.7 Å². The second kappa shape index (κ2) is 10.5. The Labute approximate surface area is 162 Å². The first-order valence-corrected chi connectivity index (χ1v) is 10.4. The molecule has 0 N–H and O–H groups in total. The summed E-state index contributed by atoms with van der Waals surface area (Å²) in [5.41, 5.74) is 2.91. The van der Waals surface area contributed by atoms with Crippen LogP contribution in [0.25, 0.3) is 10.8 Å². The fourth-order valence-corrected chi connectivity index (χ4v) is 3.44. The number of benzene rings is 1. The van der Waals surface area contributed by atoms with Crippen LogP contribution in [0.15, 0.2) is 53.6 Å². The second-order valence-electron chi connectivity index (χ2n) is 6.08. The van der Waals surface area contributed by atoms with Crippen molar-refractivity contribution in [3.63, 3.8) is 0 Å². The molecule has 3 rings (SSSR count). The first-order valence-electron chi connectivity index (χ1n) is 8.21. The number of hydrogen-bond acceptors (Lipinski definition) is 0. The molecule has 2 heteroatoms. The van der Waals surface area contributed by atoms with Gasteiger partial charge < -0.3 is 0 Å². The van der Waals surface area contributed by atoms with Gasteiger partial charge in [-0.1, -0.05) is 39.2 Å². The Morgan fingerprint density at radius 2 is 1.96 bits per heavy atom. The van der Waals surface area contributed by atoms with Gasteiger partial charge in [0.25, 0.3) is 0 Å². The van der Waals surface area contributed by atoms with Gasteiger partial charge in [0.2, 0.25) is 0 Å². The fraction of sp³-hybridized carbons (Fsp3) is 0.381. The average molecular weight is 489 g/mol. The Morgan fingerprint density at radius 1 is 1.22 bits per heavy atom. The van der Waals surface area contributed by atoms with Crippen LogP contribution in [-0.2, 0) is 25.8 Å². The minimum absolute atomic E-state index is 0. The molecule has 0 saturated carbocycles. The predicted octanol–water partition coefficient (Wildman–Crippen LogP) is 6.18. The van der Waals surface area contributed by atoms with Crippen molar-refractivity contribution in [2.75, 3.05) is 13.3 Å². The van der Waals surface area contributed by atoms with Gasteiger partial charge in [0.1, 0.15) is 0 Å². The number of unbranched alkanes of at least 4 members (excludes halogenated alkanes) is 1. The molecule has 2 aromatic rings. The van der Waals surface area contributed by atoms with Crippen molar-refractivity contribution in [3.8, 4) is 0 Å². The standard InChI is InChI=1S/C11H12P.C10H15.Hf/c1-12(2)11-7-9-5-3-4-6-10(9)8-11;1-3-4-7-10-8-5-6-9(10)2;/h3-8H,1-2H3;8H,3-5,7H2,1-2H3;/q2*-1;+4. The van der Waals surface area contributed by atoms with Gasteiger partial charge >= 0.3 is 25.8 Å². The summed E-state index contributed by atoms with van der Waals surface area (Å²) < 4.78 is 0. The zero-order chi connectivity index (χ0) is 15.9. The molecule has 0 atom stereocenters. The second-order valence-corrected chi connectivity index (χ2v) is 8.38. The Bertz CT molecular complexity index is 628. The molecule has 0 fully saturated rings. The molecule has 0 unspecified atom stereocenters. The van der Waals surface area contributed by atoms with E-state index in [-0.39, 0.29) is 33.8 Å². The average Bonchev–Trinajstić information content (AvgIpc) is 3.11. The van der Waals surface area contributed by atoms with Gasteiger partial charge in [-0.3, -0.25) is 6.08 Å². The molecule has 0 aromatic heterocycles. The van der Waals surface area contributed by atoms with Crippen molar-refractivity contribution in [3.05, 3.63) is 59.7 Å². The third kappa shape index (κ3) is 6.20. The topological polar surface area (TPSA) is 0 Å². The SMILES string of the molecule is CCCCC1=CC[C-]=C1C.CP(C)c1cc2ccccc2[cH-]1.[Hf+4]. The predicted molar refractivity (Wildman–Crippen MR) is 103 cm³/mol. The smallest absolute Gasteiger partial charge is 0.269 e. The molecule has 0 radical (unpaired) electrons. The van der Waals surface area contributed by atoms with Gasteiger partial charge in [-0.15, -0.1) is 54.7 Å². The molecule has 1 aliphatic carbocycles. The van der Waals surface area contributed by atoms with Gasteiger partial charge in [-0.05, 0) is 13.3 Å². The van der Waals surface area contributed by atoms with Gasteiger partial charge in [0, 0.05) is 0 Å². The third-order valence-electron chi connectivity index (χ3n) is 4.12. The summed E-state index contributed by atoms with van der Waals surface area (Å²) in [5, 5.41) is 4.26. The molecule has 1 aliphatic rings. The van der Waals surface area contributed by atoms with Crippen LogP contribution in [0.1, 0.15) is 39.5 Å². The molecule has 23 heavy (non-hydrogen) atoms. The first-order chi connectivity index (χ1) is 10.6. The van der Waals surface area contributed by atoms with Crippen LogP contribution in [0.5, 0.6) is 0 Å². The minimum Gasteiger partial charge on any atom is -0.269 e. The molecule has 0 spiro atoms. The van der Waals surface area contributed by atoms with Gasteiger partial charge in [0.05, 0.1) is 0 Å². The molecular formula is C21H27HfP+2. The van der Waals surface area contributed by atoms with E-state index in [0.29, 0.717) is 0 Å². The van der Waals surface area contributed by atoms with E-state index >= 15 is 0 Å². The van der Waals surface area contributed by atoms with Crippen LogP contribution in [0.3, 0.4) is 0 Å². The molecule has 118 valence electrons. The number of allylic oxidation sites excluding steroid dienone is 4. The van der Waals surface area contributed by atoms with Crippen molar-refractivity contribution >= 4 is 24.0 Å². The van der Waals surface area contributed by atoms with Gasteiger partial charge in [-0.25, -0.2) is 5.57 Å². The van der Waals surface area contributed by atoms with Crippen molar-refractivity contribution in [1.82, 2.24) is 0 Å². The molecule has 0 aliphatic heterocycles. The fourth-order valence-electron chi connectivity index (χ4n) is 2.64. The summed E-state index contributed by atoms with van der Waals surface area (Å²) in [6.45, 7) is 8.99. The van der Waals surface area contributed by atoms with Crippen molar-refractivity contribution in [2.45, 2.75) is 39.5 Å². The summed E-state index contributed by atoms with van der Waals surface area (Å²) in [5.74, 6) is 0. The molecule has 0 saturated heterocycles. The van der Waals surface area contributed by atoms with E-state index in [4.69, 9.17) is 0 Å². The number of hydrogen-bond donors (Lipinski definition) is 0. The molecule has 0 amide bonds. The summed E-state index contributed by atoms with van der Waals surface area (Å²) in [7, 11) is 0.0576. The molecule has 2 aromatic carbocycles. The maximum absolute atomic E-state index is 3.30. The largest absolute Gasteiger partial charge is 4.00 e. The number of rotatable bonds is 4. The van der Waals surface area contributed by atoms with Crippen LogP contribution >= 0.6 is 7.92 Å². The van der Waals surface area contributed by atoms with Crippen LogP contribution in [0.2, 0.25) is 0 Å². The molecular weight excluding hydrogens is 462 g/mol.